The minimum atomic E-state index is -0.380. The molecule has 2 rings (SSSR count). The normalized spacial score (nSPS) is 12.4. The monoisotopic (exact) mass is 298 g/mol. The van der Waals surface area contributed by atoms with E-state index in [9.17, 15) is 10.1 Å². The highest BCUT2D eigenvalue weighted by Crippen LogP contribution is 2.23. The lowest BCUT2D eigenvalue weighted by atomic mass is 9.90. The molecular weight excluding hydrogens is 276 g/mol. The third-order valence-corrected chi connectivity index (χ3v) is 3.99. The van der Waals surface area contributed by atoms with Crippen molar-refractivity contribution >= 4 is 5.69 Å². The summed E-state index contributed by atoms with van der Waals surface area (Å²) in [6.45, 7) is 4.90. The van der Waals surface area contributed by atoms with Gasteiger partial charge in [-0.2, -0.15) is 0 Å². The van der Waals surface area contributed by atoms with E-state index in [0.717, 1.165) is 12.0 Å². The van der Waals surface area contributed by atoms with Crippen LogP contribution < -0.4 is 5.73 Å². The highest BCUT2D eigenvalue weighted by molar-refractivity contribution is 5.35. The van der Waals surface area contributed by atoms with Crippen LogP contribution in [0.4, 0.5) is 5.69 Å². The second-order valence-electron chi connectivity index (χ2n) is 5.88. The number of nitrogens with two attached hydrogens (primary N) is 1. The summed E-state index contributed by atoms with van der Waals surface area (Å²) in [4.78, 5) is 10.3. The van der Waals surface area contributed by atoms with Gasteiger partial charge in [0.2, 0.25) is 0 Å². The first-order valence-electron chi connectivity index (χ1n) is 7.54. The van der Waals surface area contributed by atoms with Gasteiger partial charge in [-0.25, -0.2) is 0 Å². The quantitative estimate of drug-likeness (QED) is 0.647. The standard InChI is InChI=1S/C18H22N2O2/c1-13(2)15-5-7-16(8-6-15)17(12-19)11-14-3-9-18(10-4-14)20(21)22/h3-10,13,17H,11-12,19H2,1-2H3. The van der Waals surface area contributed by atoms with Gasteiger partial charge < -0.3 is 5.73 Å². The Morgan fingerprint density at radius 3 is 2.00 bits per heavy atom. The van der Waals surface area contributed by atoms with Gasteiger partial charge in [0.1, 0.15) is 0 Å². The molecule has 0 aliphatic carbocycles. The summed E-state index contributed by atoms with van der Waals surface area (Å²) in [5.41, 5.74) is 9.63. The fourth-order valence-corrected chi connectivity index (χ4v) is 2.53. The van der Waals surface area contributed by atoms with Crippen LogP contribution in [0.15, 0.2) is 48.5 Å². The van der Waals surface area contributed by atoms with E-state index >= 15 is 0 Å². The molecule has 0 saturated carbocycles. The van der Waals surface area contributed by atoms with Gasteiger partial charge in [-0.05, 0) is 35.6 Å². The Morgan fingerprint density at radius 2 is 1.55 bits per heavy atom. The number of non-ortho nitro benzene ring substituents is 1. The summed E-state index contributed by atoms with van der Waals surface area (Å²) in [6.07, 6.45) is 0.787. The van der Waals surface area contributed by atoms with Crippen molar-refractivity contribution in [3.63, 3.8) is 0 Å². The molecule has 0 saturated heterocycles. The van der Waals surface area contributed by atoms with Crippen molar-refractivity contribution in [1.29, 1.82) is 0 Å². The van der Waals surface area contributed by atoms with E-state index in [1.165, 1.54) is 11.1 Å². The zero-order valence-corrected chi connectivity index (χ0v) is 13.0. The average molecular weight is 298 g/mol. The smallest absolute Gasteiger partial charge is 0.269 e. The average Bonchev–Trinajstić information content (AvgIpc) is 2.53. The maximum atomic E-state index is 10.7. The van der Waals surface area contributed by atoms with Gasteiger partial charge in [0.05, 0.1) is 4.92 Å². The number of nitro groups is 1. The van der Waals surface area contributed by atoms with E-state index in [0.29, 0.717) is 12.5 Å². The molecular formula is C18H22N2O2. The molecule has 4 nitrogen and oxygen atoms in total. The largest absolute Gasteiger partial charge is 0.330 e. The van der Waals surface area contributed by atoms with Gasteiger partial charge >= 0.3 is 0 Å². The Balaban J connectivity index is 2.12. The van der Waals surface area contributed by atoms with Crippen molar-refractivity contribution in [2.24, 2.45) is 5.73 Å². The molecule has 0 bridgehead atoms. The molecule has 0 aliphatic heterocycles. The summed E-state index contributed by atoms with van der Waals surface area (Å²) in [7, 11) is 0. The van der Waals surface area contributed by atoms with Gasteiger partial charge in [0.15, 0.2) is 0 Å². The number of nitro benzene ring substituents is 1. The Kier molecular flexibility index (Phi) is 5.28. The minimum Gasteiger partial charge on any atom is -0.330 e. The molecule has 0 aliphatic rings. The maximum Gasteiger partial charge on any atom is 0.269 e. The van der Waals surface area contributed by atoms with Gasteiger partial charge in [0, 0.05) is 18.1 Å². The molecule has 0 amide bonds. The molecule has 0 radical (unpaired) electrons. The van der Waals surface area contributed by atoms with E-state index in [1.54, 1.807) is 12.1 Å². The zero-order chi connectivity index (χ0) is 16.1. The third-order valence-electron chi connectivity index (χ3n) is 3.99. The Morgan fingerprint density at radius 1 is 1.00 bits per heavy atom. The molecule has 1 unspecified atom stereocenters. The predicted molar refractivity (Wildman–Crippen MR) is 89.1 cm³/mol. The predicted octanol–water partition coefficient (Wildman–Crippen LogP) is 4.00. The zero-order valence-electron chi connectivity index (χ0n) is 13.0. The number of hydrogen-bond donors (Lipinski definition) is 1. The summed E-state index contributed by atoms with van der Waals surface area (Å²) < 4.78 is 0. The minimum absolute atomic E-state index is 0.120. The van der Waals surface area contributed by atoms with Crippen molar-refractivity contribution in [3.05, 3.63) is 75.3 Å². The molecule has 1 atom stereocenters. The summed E-state index contributed by atoms with van der Waals surface area (Å²) in [6, 6.07) is 15.3. The lowest BCUT2D eigenvalue weighted by Gasteiger charge is -2.16. The van der Waals surface area contributed by atoms with Crippen LogP contribution in [0.3, 0.4) is 0 Å². The lowest BCUT2D eigenvalue weighted by Crippen LogP contribution is -2.15. The van der Waals surface area contributed by atoms with E-state index in [-0.39, 0.29) is 16.5 Å². The molecule has 116 valence electrons. The summed E-state index contributed by atoms with van der Waals surface area (Å²) in [5.74, 6) is 0.739. The molecule has 22 heavy (non-hydrogen) atoms. The van der Waals surface area contributed by atoms with Crippen LogP contribution in [0.5, 0.6) is 0 Å². The van der Waals surface area contributed by atoms with E-state index < -0.39 is 0 Å². The Hall–Kier alpha value is -2.20. The highest BCUT2D eigenvalue weighted by Gasteiger charge is 2.12. The first-order chi connectivity index (χ1) is 10.5. The Bertz CT molecular complexity index is 619. The number of hydrogen-bond acceptors (Lipinski definition) is 3. The van der Waals surface area contributed by atoms with Crippen LogP contribution in [-0.4, -0.2) is 11.5 Å². The van der Waals surface area contributed by atoms with Crippen LogP contribution >= 0.6 is 0 Å². The van der Waals surface area contributed by atoms with Crippen LogP contribution in [0, 0.1) is 10.1 Å². The van der Waals surface area contributed by atoms with Crippen molar-refractivity contribution in [1.82, 2.24) is 0 Å². The van der Waals surface area contributed by atoms with Crippen molar-refractivity contribution in [2.45, 2.75) is 32.1 Å². The molecule has 2 N–H and O–H groups in total. The van der Waals surface area contributed by atoms with E-state index in [2.05, 4.69) is 38.1 Å². The summed E-state index contributed by atoms with van der Waals surface area (Å²) in [5, 5.41) is 10.7. The van der Waals surface area contributed by atoms with Gasteiger partial charge in [-0.1, -0.05) is 50.2 Å². The maximum absolute atomic E-state index is 10.7. The van der Waals surface area contributed by atoms with Gasteiger partial charge in [-0.15, -0.1) is 0 Å². The van der Waals surface area contributed by atoms with Crippen molar-refractivity contribution in [2.75, 3.05) is 6.54 Å². The highest BCUT2D eigenvalue weighted by atomic mass is 16.6. The molecule has 0 aromatic heterocycles. The fourth-order valence-electron chi connectivity index (χ4n) is 2.53. The molecule has 0 spiro atoms. The third kappa shape index (κ3) is 3.92. The number of nitrogens with zero attached hydrogens (tertiary/aromatic N) is 1. The van der Waals surface area contributed by atoms with Gasteiger partial charge in [0.25, 0.3) is 5.69 Å². The van der Waals surface area contributed by atoms with Crippen molar-refractivity contribution < 1.29 is 4.92 Å². The Labute approximate surface area is 131 Å². The van der Waals surface area contributed by atoms with E-state index in [1.807, 2.05) is 12.1 Å². The fraction of sp³-hybridized carbons (Fsp3) is 0.333. The first-order valence-corrected chi connectivity index (χ1v) is 7.54. The molecule has 2 aromatic carbocycles. The van der Waals surface area contributed by atoms with Crippen molar-refractivity contribution in [3.8, 4) is 0 Å². The molecule has 4 heteroatoms. The first kappa shape index (κ1) is 16.2. The van der Waals surface area contributed by atoms with Crippen LogP contribution in [0.2, 0.25) is 0 Å². The second-order valence-corrected chi connectivity index (χ2v) is 5.88. The van der Waals surface area contributed by atoms with Crippen LogP contribution in [-0.2, 0) is 6.42 Å². The second kappa shape index (κ2) is 7.18. The number of benzene rings is 2. The van der Waals surface area contributed by atoms with Crippen LogP contribution in [0.25, 0.3) is 0 Å². The molecule has 0 fully saturated rings. The SMILES string of the molecule is CC(C)c1ccc(C(CN)Cc2ccc([N+](=O)[O-])cc2)cc1. The molecule has 2 aromatic rings. The number of rotatable bonds is 6. The molecule has 0 heterocycles. The summed E-state index contributed by atoms with van der Waals surface area (Å²) >= 11 is 0. The van der Waals surface area contributed by atoms with E-state index in [4.69, 9.17) is 5.73 Å². The lowest BCUT2D eigenvalue weighted by molar-refractivity contribution is -0.384. The van der Waals surface area contributed by atoms with Gasteiger partial charge in [-0.3, -0.25) is 10.1 Å². The van der Waals surface area contributed by atoms with Crippen LogP contribution in [0.1, 0.15) is 42.4 Å². The topological polar surface area (TPSA) is 69.2 Å².